The third kappa shape index (κ3) is 3.30. The van der Waals surface area contributed by atoms with Gasteiger partial charge in [-0.05, 0) is 49.2 Å². The number of hydrogen-bond donors (Lipinski definition) is 2. The fourth-order valence-electron chi connectivity index (χ4n) is 3.86. The number of unbranched alkanes of at least 4 members (excludes halogenated alkanes) is 3. The third-order valence-electron chi connectivity index (χ3n) is 5.42. The summed E-state index contributed by atoms with van der Waals surface area (Å²) >= 11 is 0. The molecule has 30 heavy (non-hydrogen) atoms. The van der Waals surface area contributed by atoms with Crippen LogP contribution in [0.5, 0.6) is 11.5 Å². The van der Waals surface area contributed by atoms with Crippen LogP contribution in [0.15, 0.2) is 36.4 Å². The number of aromatic hydroxyl groups is 2. The molecule has 0 atom stereocenters. The molecule has 0 unspecified atom stereocenters. The molecule has 0 bridgehead atoms. The van der Waals surface area contributed by atoms with Gasteiger partial charge in [-0.25, -0.2) is 0 Å². The molecule has 2 aliphatic heterocycles. The first-order valence-electron chi connectivity index (χ1n) is 9.77. The zero-order chi connectivity index (χ0) is 21.4. The van der Waals surface area contributed by atoms with Gasteiger partial charge in [0.1, 0.15) is 11.5 Å². The number of phenols is 2. The second-order valence-electron chi connectivity index (χ2n) is 7.40. The third-order valence-corrected chi connectivity index (χ3v) is 5.42. The number of imide groups is 2. The Hall–Kier alpha value is -3.68. The molecule has 2 aliphatic rings. The molecule has 4 amide bonds. The highest BCUT2D eigenvalue weighted by Gasteiger charge is 2.36. The maximum Gasteiger partial charge on any atom is 0.261 e. The van der Waals surface area contributed by atoms with Gasteiger partial charge in [0.15, 0.2) is 0 Å². The highest BCUT2D eigenvalue weighted by molar-refractivity contribution is 6.22. The molecule has 0 aromatic heterocycles. The van der Waals surface area contributed by atoms with Gasteiger partial charge in [0, 0.05) is 13.1 Å². The molecule has 8 heteroatoms. The average molecular weight is 408 g/mol. The van der Waals surface area contributed by atoms with E-state index >= 15 is 0 Å². The number of benzene rings is 2. The van der Waals surface area contributed by atoms with E-state index in [9.17, 15) is 29.4 Å². The Morgan fingerprint density at radius 1 is 0.533 bits per heavy atom. The predicted molar refractivity (Wildman–Crippen MR) is 105 cm³/mol. The minimum atomic E-state index is -0.403. The van der Waals surface area contributed by atoms with Gasteiger partial charge in [-0.1, -0.05) is 12.8 Å². The zero-order valence-corrected chi connectivity index (χ0v) is 16.1. The van der Waals surface area contributed by atoms with Gasteiger partial charge in [0.2, 0.25) is 0 Å². The molecule has 0 spiro atoms. The van der Waals surface area contributed by atoms with E-state index < -0.39 is 11.8 Å². The van der Waals surface area contributed by atoms with Crippen LogP contribution in [0.4, 0.5) is 0 Å². The second-order valence-corrected chi connectivity index (χ2v) is 7.40. The van der Waals surface area contributed by atoms with Crippen LogP contribution in [0.25, 0.3) is 0 Å². The maximum atomic E-state index is 12.4. The topological polar surface area (TPSA) is 115 Å². The van der Waals surface area contributed by atoms with Crippen molar-refractivity contribution in [3.63, 3.8) is 0 Å². The molecule has 2 aromatic rings. The summed E-state index contributed by atoms with van der Waals surface area (Å²) in [6.07, 6.45) is 2.66. The lowest BCUT2D eigenvalue weighted by Gasteiger charge is -2.15. The fraction of sp³-hybridized carbons (Fsp3) is 0.273. The molecule has 2 N–H and O–H groups in total. The van der Waals surface area contributed by atoms with Crippen molar-refractivity contribution in [2.45, 2.75) is 25.7 Å². The standard InChI is InChI=1S/C22H20N2O6/c25-13-5-7-15-17(11-13)21(29)23(19(15)27)9-3-1-2-4-10-24-20(28)16-8-6-14(26)12-18(16)22(24)30/h5-8,11-12,25-26H,1-4,9-10H2. The van der Waals surface area contributed by atoms with Crippen LogP contribution in [0.3, 0.4) is 0 Å². The minimum Gasteiger partial charge on any atom is -0.508 e. The lowest BCUT2D eigenvalue weighted by atomic mass is 10.1. The number of hydrogen-bond acceptors (Lipinski definition) is 6. The summed E-state index contributed by atoms with van der Waals surface area (Å²) in [7, 11) is 0. The van der Waals surface area contributed by atoms with Crippen LogP contribution >= 0.6 is 0 Å². The van der Waals surface area contributed by atoms with Crippen molar-refractivity contribution in [1.82, 2.24) is 9.80 Å². The first-order chi connectivity index (χ1) is 14.4. The van der Waals surface area contributed by atoms with Gasteiger partial charge in [0.25, 0.3) is 23.6 Å². The normalized spacial score (nSPS) is 15.2. The second kappa shape index (κ2) is 7.62. The van der Waals surface area contributed by atoms with Crippen molar-refractivity contribution in [3.05, 3.63) is 58.7 Å². The van der Waals surface area contributed by atoms with E-state index in [-0.39, 0.29) is 47.5 Å². The molecule has 0 saturated heterocycles. The van der Waals surface area contributed by atoms with Crippen molar-refractivity contribution in [2.75, 3.05) is 13.1 Å². The van der Waals surface area contributed by atoms with Crippen molar-refractivity contribution < 1.29 is 29.4 Å². The number of carbonyl (C=O) groups is 4. The zero-order valence-electron chi connectivity index (χ0n) is 16.1. The van der Waals surface area contributed by atoms with Crippen LogP contribution in [0.2, 0.25) is 0 Å². The summed E-state index contributed by atoms with van der Waals surface area (Å²) in [5, 5.41) is 19.0. The predicted octanol–water partition coefficient (Wildman–Crippen LogP) is 2.55. The summed E-state index contributed by atoms with van der Waals surface area (Å²) in [5.74, 6) is -1.63. The Labute approximate surface area is 172 Å². The van der Waals surface area contributed by atoms with Gasteiger partial charge < -0.3 is 10.2 Å². The number of carbonyl (C=O) groups excluding carboxylic acids is 4. The number of fused-ring (bicyclic) bond motifs is 2. The lowest BCUT2D eigenvalue weighted by molar-refractivity contribution is 0.0630. The van der Waals surface area contributed by atoms with Crippen molar-refractivity contribution in [3.8, 4) is 11.5 Å². The fourth-order valence-corrected chi connectivity index (χ4v) is 3.86. The van der Waals surface area contributed by atoms with Gasteiger partial charge >= 0.3 is 0 Å². The van der Waals surface area contributed by atoms with Crippen molar-refractivity contribution in [1.29, 1.82) is 0 Å². The molecule has 4 rings (SSSR count). The van der Waals surface area contributed by atoms with Crippen LogP contribution in [0.1, 0.15) is 67.1 Å². The van der Waals surface area contributed by atoms with E-state index in [0.717, 1.165) is 12.8 Å². The Morgan fingerprint density at radius 3 is 1.30 bits per heavy atom. The number of amides is 4. The van der Waals surface area contributed by atoms with Crippen LogP contribution < -0.4 is 0 Å². The van der Waals surface area contributed by atoms with Crippen LogP contribution in [-0.4, -0.2) is 56.7 Å². The lowest BCUT2D eigenvalue weighted by Crippen LogP contribution is -2.31. The van der Waals surface area contributed by atoms with E-state index in [1.807, 2.05) is 0 Å². The Balaban J connectivity index is 1.23. The molecule has 0 fully saturated rings. The van der Waals surface area contributed by atoms with E-state index in [4.69, 9.17) is 0 Å². The summed E-state index contributed by atoms with van der Waals surface area (Å²) < 4.78 is 0. The largest absolute Gasteiger partial charge is 0.508 e. The summed E-state index contributed by atoms with van der Waals surface area (Å²) in [6.45, 7) is 0.554. The van der Waals surface area contributed by atoms with Crippen LogP contribution in [0, 0.1) is 0 Å². The minimum absolute atomic E-state index is 0.0554. The smallest absolute Gasteiger partial charge is 0.261 e. The molecule has 0 aliphatic carbocycles. The van der Waals surface area contributed by atoms with Gasteiger partial charge in [-0.3, -0.25) is 29.0 Å². The van der Waals surface area contributed by atoms with E-state index in [0.29, 0.717) is 24.0 Å². The molecular weight excluding hydrogens is 388 g/mol. The van der Waals surface area contributed by atoms with Crippen molar-refractivity contribution in [2.24, 2.45) is 0 Å². The van der Waals surface area contributed by atoms with E-state index in [2.05, 4.69) is 0 Å². The molecule has 8 nitrogen and oxygen atoms in total. The molecule has 2 aromatic carbocycles. The average Bonchev–Trinajstić information content (AvgIpc) is 3.09. The molecular formula is C22H20N2O6. The monoisotopic (exact) mass is 408 g/mol. The number of phenolic OH excluding ortho intramolecular Hbond substituents is 2. The highest BCUT2D eigenvalue weighted by Crippen LogP contribution is 2.28. The van der Waals surface area contributed by atoms with Crippen molar-refractivity contribution >= 4 is 23.6 Å². The first-order valence-corrected chi connectivity index (χ1v) is 9.77. The SMILES string of the molecule is O=C1c2ccc(O)cc2C(=O)N1CCCCCCN1C(=O)c2ccc(O)cc2C1=O. The Morgan fingerprint density at radius 2 is 0.900 bits per heavy atom. The van der Waals surface area contributed by atoms with E-state index in [1.165, 1.54) is 46.2 Å². The summed E-state index contributed by atoms with van der Waals surface area (Å²) in [5.41, 5.74) is 1.04. The Kier molecular flexibility index (Phi) is 4.99. The maximum absolute atomic E-state index is 12.4. The quantitative estimate of drug-likeness (QED) is 0.537. The highest BCUT2D eigenvalue weighted by atomic mass is 16.3. The molecule has 0 radical (unpaired) electrons. The first kappa shape index (κ1) is 19.6. The summed E-state index contributed by atoms with van der Waals surface area (Å²) in [4.78, 5) is 51.7. The molecule has 154 valence electrons. The molecule has 2 heterocycles. The van der Waals surface area contributed by atoms with Gasteiger partial charge in [0.05, 0.1) is 22.3 Å². The van der Waals surface area contributed by atoms with E-state index in [1.54, 1.807) is 0 Å². The Bertz CT molecular complexity index is 992. The number of rotatable bonds is 7. The summed E-state index contributed by atoms with van der Waals surface area (Å²) in [6, 6.07) is 8.27. The van der Waals surface area contributed by atoms with Gasteiger partial charge in [-0.15, -0.1) is 0 Å². The van der Waals surface area contributed by atoms with Crippen LogP contribution in [-0.2, 0) is 0 Å². The number of nitrogens with zero attached hydrogens (tertiary/aromatic N) is 2. The molecule has 0 saturated carbocycles. The van der Waals surface area contributed by atoms with Gasteiger partial charge in [-0.2, -0.15) is 0 Å².